The van der Waals surface area contributed by atoms with E-state index < -0.39 is 11.7 Å². The zero-order valence-corrected chi connectivity index (χ0v) is 16.9. The molecule has 0 fully saturated rings. The van der Waals surface area contributed by atoms with Gasteiger partial charge in [0.2, 0.25) is 5.91 Å². The lowest BCUT2D eigenvalue weighted by Crippen LogP contribution is -2.38. The van der Waals surface area contributed by atoms with E-state index in [9.17, 15) is 9.59 Å². The number of rotatable bonds is 8. The molecule has 0 bridgehead atoms. The second-order valence-electron chi connectivity index (χ2n) is 6.45. The Morgan fingerprint density at radius 1 is 1.20 bits per heavy atom. The van der Waals surface area contributed by atoms with Crippen molar-refractivity contribution in [3.8, 4) is 5.75 Å². The summed E-state index contributed by atoms with van der Waals surface area (Å²) in [6, 6.07) is 7.54. The number of alkyl carbamates (subject to hydrolysis) is 1. The minimum absolute atomic E-state index is 0.0297. The van der Waals surface area contributed by atoms with E-state index in [2.05, 4.69) is 21.2 Å². The van der Waals surface area contributed by atoms with Crippen molar-refractivity contribution in [2.75, 3.05) is 26.2 Å². The van der Waals surface area contributed by atoms with Crippen molar-refractivity contribution in [3.05, 3.63) is 28.7 Å². The van der Waals surface area contributed by atoms with Crippen molar-refractivity contribution < 1.29 is 19.1 Å². The van der Waals surface area contributed by atoms with Crippen LogP contribution in [0.5, 0.6) is 5.75 Å². The Morgan fingerprint density at radius 3 is 2.40 bits per heavy atom. The van der Waals surface area contributed by atoms with E-state index in [0.717, 1.165) is 10.2 Å². The number of hydrogen-bond donors (Lipinski definition) is 1. The lowest BCUT2D eigenvalue weighted by atomic mass is 10.2. The average molecular weight is 415 g/mol. The summed E-state index contributed by atoms with van der Waals surface area (Å²) in [4.78, 5) is 25.5. The molecule has 1 N–H and O–H groups in total. The van der Waals surface area contributed by atoms with Gasteiger partial charge in [-0.3, -0.25) is 4.79 Å². The first-order valence-corrected chi connectivity index (χ1v) is 9.13. The van der Waals surface area contributed by atoms with E-state index in [-0.39, 0.29) is 18.9 Å². The summed E-state index contributed by atoms with van der Waals surface area (Å²) in [6.45, 7) is 9.05. The number of nitrogens with zero attached hydrogens (tertiary/aromatic N) is 1. The van der Waals surface area contributed by atoms with E-state index in [0.29, 0.717) is 19.7 Å². The molecule has 0 unspecified atom stereocenters. The smallest absolute Gasteiger partial charge is 0.407 e. The van der Waals surface area contributed by atoms with E-state index in [4.69, 9.17) is 9.47 Å². The Balaban J connectivity index is 2.29. The highest BCUT2D eigenvalue weighted by molar-refractivity contribution is 9.10. The zero-order chi connectivity index (χ0) is 18.9. The summed E-state index contributed by atoms with van der Waals surface area (Å²) in [5.41, 5.74) is -0.548. The van der Waals surface area contributed by atoms with Gasteiger partial charge in [0.25, 0.3) is 0 Å². The van der Waals surface area contributed by atoms with Crippen LogP contribution in [-0.4, -0.2) is 48.7 Å². The SMILES string of the molecule is CCN(CCOc1ccc(Br)cc1)C(=O)CCNC(=O)OC(C)(C)C. The monoisotopic (exact) mass is 414 g/mol. The molecular formula is C18H27BrN2O4. The lowest BCUT2D eigenvalue weighted by Gasteiger charge is -2.22. The van der Waals surface area contributed by atoms with Crippen LogP contribution < -0.4 is 10.1 Å². The lowest BCUT2D eigenvalue weighted by molar-refractivity contribution is -0.131. The minimum atomic E-state index is -0.548. The van der Waals surface area contributed by atoms with Crippen LogP contribution in [0.3, 0.4) is 0 Å². The molecule has 1 aromatic rings. The number of amides is 2. The minimum Gasteiger partial charge on any atom is -0.492 e. The number of nitrogens with one attached hydrogen (secondary N) is 1. The molecule has 6 nitrogen and oxygen atoms in total. The van der Waals surface area contributed by atoms with Gasteiger partial charge in [-0.25, -0.2) is 4.79 Å². The van der Waals surface area contributed by atoms with Gasteiger partial charge in [-0.1, -0.05) is 15.9 Å². The van der Waals surface area contributed by atoms with Gasteiger partial charge in [0, 0.05) is 24.0 Å². The van der Waals surface area contributed by atoms with Crippen LogP contribution in [0.4, 0.5) is 4.79 Å². The molecule has 2 amide bonds. The summed E-state index contributed by atoms with van der Waals surface area (Å²) in [7, 11) is 0. The second kappa shape index (κ2) is 10.3. The molecule has 1 aromatic carbocycles. The number of carbonyl (C=O) groups is 2. The fourth-order valence-corrected chi connectivity index (χ4v) is 2.27. The molecule has 0 spiro atoms. The first kappa shape index (κ1) is 21.3. The van der Waals surface area contributed by atoms with Crippen LogP contribution in [0.15, 0.2) is 28.7 Å². The van der Waals surface area contributed by atoms with Crippen LogP contribution in [0, 0.1) is 0 Å². The van der Waals surface area contributed by atoms with Crippen LogP contribution in [0.2, 0.25) is 0 Å². The van der Waals surface area contributed by atoms with Crippen molar-refractivity contribution in [1.29, 1.82) is 0 Å². The Hall–Kier alpha value is -1.76. The molecule has 140 valence electrons. The number of halogens is 1. The second-order valence-corrected chi connectivity index (χ2v) is 7.37. The highest BCUT2D eigenvalue weighted by Crippen LogP contribution is 2.16. The maximum absolute atomic E-state index is 12.2. The maximum atomic E-state index is 12.2. The van der Waals surface area contributed by atoms with Gasteiger partial charge in [0.15, 0.2) is 0 Å². The number of hydrogen-bond acceptors (Lipinski definition) is 4. The summed E-state index contributed by atoms with van der Waals surface area (Å²) in [5, 5.41) is 2.59. The molecule has 0 saturated heterocycles. The molecule has 0 aliphatic carbocycles. The Morgan fingerprint density at radius 2 is 1.84 bits per heavy atom. The molecule has 1 rings (SSSR count). The Bertz CT molecular complexity index is 555. The quantitative estimate of drug-likeness (QED) is 0.705. The predicted molar refractivity (Wildman–Crippen MR) is 101 cm³/mol. The summed E-state index contributed by atoms with van der Waals surface area (Å²) in [6.07, 6.45) is -0.285. The normalized spacial score (nSPS) is 10.9. The van der Waals surface area contributed by atoms with Crippen LogP contribution in [-0.2, 0) is 9.53 Å². The molecule has 7 heteroatoms. The summed E-state index contributed by atoms with van der Waals surface area (Å²) in [5.74, 6) is 0.733. The molecule has 0 atom stereocenters. The van der Waals surface area contributed by atoms with Crippen molar-refractivity contribution in [1.82, 2.24) is 10.2 Å². The fraction of sp³-hybridized carbons (Fsp3) is 0.556. The molecule has 0 saturated carbocycles. The van der Waals surface area contributed by atoms with E-state index >= 15 is 0 Å². The Labute approximate surface area is 158 Å². The maximum Gasteiger partial charge on any atom is 0.407 e. The molecule has 0 radical (unpaired) electrons. The van der Waals surface area contributed by atoms with Crippen molar-refractivity contribution in [2.45, 2.75) is 39.7 Å². The number of benzene rings is 1. The van der Waals surface area contributed by atoms with Crippen LogP contribution in [0.1, 0.15) is 34.1 Å². The molecule has 0 aromatic heterocycles. The van der Waals surface area contributed by atoms with Crippen LogP contribution >= 0.6 is 15.9 Å². The summed E-state index contributed by atoms with van der Waals surface area (Å²) >= 11 is 3.37. The number of carbonyl (C=O) groups excluding carboxylic acids is 2. The first-order chi connectivity index (χ1) is 11.7. The zero-order valence-electron chi connectivity index (χ0n) is 15.3. The first-order valence-electron chi connectivity index (χ1n) is 8.34. The van der Waals surface area contributed by atoms with Gasteiger partial charge in [0.05, 0.1) is 6.54 Å². The third-order valence-electron chi connectivity index (χ3n) is 3.19. The highest BCUT2D eigenvalue weighted by atomic mass is 79.9. The van der Waals surface area contributed by atoms with E-state index in [1.807, 2.05) is 31.2 Å². The number of likely N-dealkylation sites (N-methyl/N-ethyl adjacent to an activating group) is 1. The van der Waals surface area contributed by atoms with Gasteiger partial charge in [-0.2, -0.15) is 0 Å². The Kier molecular flexibility index (Phi) is 8.75. The summed E-state index contributed by atoms with van der Waals surface area (Å²) < 4.78 is 11.8. The van der Waals surface area contributed by atoms with Gasteiger partial charge in [-0.05, 0) is 52.0 Å². The topological polar surface area (TPSA) is 67.9 Å². The number of ether oxygens (including phenoxy) is 2. The third kappa shape index (κ3) is 9.34. The van der Waals surface area contributed by atoms with Gasteiger partial charge >= 0.3 is 6.09 Å². The highest BCUT2D eigenvalue weighted by Gasteiger charge is 2.17. The van der Waals surface area contributed by atoms with E-state index in [1.54, 1.807) is 25.7 Å². The van der Waals surface area contributed by atoms with Gasteiger partial charge in [-0.15, -0.1) is 0 Å². The van der Waals surface area contributed by atoms with Gasteiger partial charge in [0.1, 0.15) is 18.0 Å². The molecular weight excluding hydrogens is 388 g/mol. The predicted octanol–water partition coefficient (Wildman–Crippen LogP) is 3.59. The van der Waals surface area contributed by atoms with Crippen molar-refractivity contribution in [2.24, 2.45) is 0 Å². The van der Waals surface area contributed by atoms with Crippen molar-refractivity contribution in [3.63, 3.8) is 0 Å². The van der Waals surface area contributed by atoms with Gasteiger partial charge < -0.3 is 19.7 Å². The third-order valence-corrected chi connectivity index (χ3v) is 3.71. The molecule has 0 aliphatic heterocycles. The average Bonchev–Trinajstić information content (AvgIpc) is 2.51. The fourth-order valence-electron chi connectivity index (χ4n) is 2.01. The van der Waals surface area contributed by atoms with E-state index in [1.165, 1.54) is 0 Å². The molecule has 25 heavy (non-hydrogen) atoms. The molecule has 0 heterocycles. The van der Waals surface area contributed by atoms with Crippen molar-refractivity contribution >= 4 is 27.9 Å². The largest absolute Gasteiger partial charge is 0.492 e. The van der Waals surface area contributed by atoms with Crippen LogP contribution in [0.25, 0.3) is 0 Å². The standard InChI is InChI=1S/C18H27BrN2O4/c1-5-21(12-13-24-15-8-6-14(19)7-9-15)16(22)10-11-20-17(23)25-18(2,3)4/h6-9H,5,10-13H2,1-4H3,(H,20,23). The molecule has 0 aliphatic rings.